The molecule has 2 aromatic carbocycles. The van der Waals surface area contributed by atoms with Gasteiger partial charge in [-0.25, -0.2) is 0 Å². The molecule has 0 unspecified atom stereocenters. The molecule has 1 atom stereocenters. The number of carbonyl (C=O) groups excluding carboxylic acids is 1. The van der Waals surface area contributed by atoms with E-state index in [1.807, 2.05) is 18.2 Å². The number of aromatic nitrogens is 1. The van der Waals surface area contributed by atoms with Crippen LogP contribution >= 0.6 is 11.6 Å². The number of methoxy groups -OCH3 is 1. The molecule has 0 spiro atoms. The summed E-state index contributed by atoms with van der Waals surface area (Å²) >= 11 is 6.14. The van der Waals surface area contributed by atoms with Crippen LogP contribution in [0.15, 0.2) is 36.4 Å². The van der Waals surface area contributed by atoms with Crippen LogP contribution in [0.2, 0.25) is 5.02 Å². The second-order valence-corrected chi connectivity index (χ2v) is 7.40. The Kier molecular flexibility index (Phi) is 4.37. The fourth-order valence-corrected chi connectivity index (χ4v) is 3.94. The molecule has 4 nitrogen and oxygen atoms in total. The van der Waals surface area contributed by atoms with E-state index in [4.69, 9.17) is 16.3 Å². The van der Waals surface area contributed by atoms with E-state index in [0.717, 1.165) is 23.7 Å². The molecule has 0 saturated carbocycles. The van der Waals surface area contributed by atoms with Gasteiger partial charge >= 0.3 is 0 Å². The second-order valence-electron chi connectivity index (χ2n) is 6.99. The quantitative estimate of drug-likeness (QED) is 0.667. The van der Waals surface area contributed by atoms with Crippen LogP contribution in [0.4, 0.5) is 5.69 Å². The Morgan fingerprint density at radius 1 is 1.27 bits per heavy atom. The zero-order valence-corrected chi connectivity index (χ0v) is 15.6. The fourth-order valence-electron chi connectivity index (χ4n) is 3.68. The van der Waals surface area contributed by atoms with Gasteiger partial charge in [0.05, 0.1) is 12.1 Å². The smallest absolute Gasteiger partial charge is 0.255 e. The van der Waals surface area contributed by atoms with E-state index in [2.05, 4.69) is 17.2 Å². The monoisotopic (exact) mass is 368 g/mol. The van der Waals surface area contributed by atoms with Gasteiger partial charge in [-0.1, -0.05) is 18.5 Å². The highest BCUT2D eigenvalue weighted by Crippen LogP contribution is 2.32. The second kappa shape index (κ2) is 6.69. The van der Waals surface area contributed by atoms with Crippen molar-refractivity contribution < 1.29 is 9.53 Å². The Balaban J connectivity index is 1.63. The van der Waals surface area contributed by atoms with Crippen LogP contribution in [0.1, 0.15) is 35.0 Å². The average molecular weight is 369 g/mol. The topological polar surface area (TPSA) is 54.1 Å². The minimum absolute atomic E-state index is 0.146. The first kappa shape index (κ1) is 17.0. The molecule has 1 heterocycles. The summed E-state index contributed by atoms with van der Waals surface area (Å²) in [6.07, 6.45) is 3.36. The SMILES string of the molecule is COc1ccc(NC(=O)c2ccc3[nH]c4c(c3c2)C[C@@H](C)CC4)cc1Cl. The van der Waals surface area contributed by atoms with E-state index in [9.17, 15) is 4.79 Å². The lowest BCUT2D eigenvalue weighted by Gasteiger charge is -2.18. The number of hydrogen-bond acceptors (Lipinski definition) is 2. The van der Waals surface area contributed by atoms with Crippen molar-refractivity contribution in [1.29, 1.82) is 0 Å². The molecule has 1 amide bonds. The highest BCUT2D eigenvalue weighted by molar-refractivity contribution is 6.32. The van der Waals surface area contributed by atoms with Crippen LogP contribution in [-0.4, -0.2) is 18.0 Å². The summed E-state index contributed by atoms with van der Waals surface area (Å²) in [5.74, 6) is 1.12. The zero-order valence-electron chi connectivity index (χ0n) is 14.9. The highest BCUT2D eigenvalue weighted by atomic mass is 35.5. The third kappa shape index (κ3) is 3.06. The molecule has 0 bridgehead atoms. The number of hydrogen-bond donors (Lipinski definition) is 2. The third-order valence-electron chi connectivity index (χ3n) is 5.11. The minimum atomic E-state index is -0.146. The van der Waals surface area contributed by atoms with Crippen molar-refractivity contribution in [3.8, 4) is 5.75 Å². The summed E-state index contributed by atoms with van der Waals surface area (Å²) in [7, 11) is 1.56. The van der Waals surface area contributed by atoms with Crippen LogP contribution in [-0.2, 0) is 12.8 Å². The maximum atomic E-state index is 12.7. The van der Waals surface area contributed by atoms with Gasteiger partial charge in [-0.3, -0.25) is 4.79 Å². The molecule has 3 aromatic rings. The fraction of sp³-hybridized carbons (Fsp3) is 0.286. The normalized spacial score (nSPS) is 16.3. The van der Waals surface area contributed by atoms with E-state index in [-0.39, 0.29) is 5.91 Å². The third-order valence-corrected chi connectivity index (χ3v) is 5.40. The number of amides is 1. The Hall–Kier alpha value is -2.46. The summed E-state index contributed by atoms with van der Waals surface area (Å²) in [6, 6.07) is 11.0. The number of carbonyl (C=O) groups is 1. The van der Waals surface area contributed by atoms with Gasteiger partial charge in [0.25, 0.3) is 5.91 Å². The van der Waals surface area contributed by atoms with E-state index in [0.29, 0.717) is 27.9 Å². The largest absolute Gasteiger partial charge is 0.495 e. The molecule has 1 aromatic heterocycles. The summed E-state index contributed by atoms with van der Waals surface area (Å²) in [5.41, 5.74) is 5.07. The van der Waals surface area contributed by atoms with Crippen molar-refractivity contribution >= 4 is 34.1 Å². The number of fused-ring (bicyclic) bond motifs is 3. The lowest BCUT2D eigenvalue weighted by molar-refractivity contribution is 0.102. The van der Waals surface area contributed by atoms with Crippen LogP contribution in [0, 0.1) is 5.92 Å². The molecule has 2 N–H and O–H groups in total. The number of benzene rings is 2. The van der Waals surface area contributed by atoms with Gasteiger partial charge in [0.2, 0.25) is 0 Å². The summed E-state index contributed by atoms with van der Waals surface area (Å²) in [6.45, 7) is 2.28. The molecule has 1 aliphatic carbocycles. The number of ether oxygens (including phenoxy) is 1. The highest BCUT2D eigenvalue weighted by Gasteiger charge is 2.20. The Morgan fingerprint density at radius 2 is 2.12 bits per heavy atom. The molecule has 1 aliphatic rings. The molecule has 0 saturated heterocycles. The summed E-state index contributed by atoms with van der Waals surface area (Å²) in [5, 5.41) is 4.53. The van der Waals surface area contributed by atoms with Gasteiger partial charge < -0.3 is 15.0 Å². The number of anilines is 1. The Labute approximate surface area is 157 Å². The lowest BCUT2D eigenvalue weighted by Crippen LogP contribution is -2.12. The number of aryl methyl sites for hydroxylation is 1. The molecule has 0 aliphatic heterocycles. The van der Waals surface area contributed by atoms with Gasteiger partial charge in [-0.05, 0) is 67.1 Å². The molecule has 26 heavy (non-hydrogen) atoms. The Morgan fingerprint density at radius 3 is 2.88 bits per heavy atom. The number of rotatable bonds is 3. The van der Waals surface area contributed by atoms with Crippen molar-refractivity contribution in [3.05, 3.63) is 58.2 Å². The van der Waals surface area contributed by atoms with Crippen molar-refractivity contribution in [2.75, 3.05) is 12.4 Å². The molecule has 0 fully saturated rings. The predicted octanol–water partition coefficient (Wildman–Crippen LogP) is 5.21. The maximum Gasteiger partial charge on any atom is 0.255 e. The van der Waals surface area contributed by atoms with Crippen LogP contribution in [0.3, 0.4) is 0 Å². The zero-order chi connectivity index (χ0) is 18.3. The molecule has 134 valence electrons. The minimum Gasteiger partial charge on any atom is -0.495 e. The van der Waals surface area contributed by atoms with E-state index in [1.165, 1.54) is 17.7 Å². The van der Waals surface area contributed by atoms with Gasteiger partial charge in [0, 0.05) is 27.8 Å². The standard InChI is InChI=1S/C21H21ClN2O2/c1-12-3-6-18-15(9-12)16-10-13(4-7-19(16)24-18)21(25)23-14-5-8-20(26-2)17(22)11-14/h4-5,7-8,10-12,24H,3,6,9H2,1-2H3,(H,23,25)/t12-/m0/s1. The lowest BCUT2D eigenvalue weighted by atomic mass is 9.87. The number of aromatic amines is 1. The molecule has 4 rings (SSSR count). The van der Waals surface area contributed by atoms with Crippen LogP contribution in [0.25, 0.3) is 10.9 Å². The predicted molar refractivity (Wildman–Crippen MR) is 105 cm³/mol. The number of nitrogens with one attached hydrogen (secondary N) is 2. The van der Waals surface area contributed by atoms with E-state index < -0.39 is 0 Å². The molecular weight excluding hydrogens is 348 g/mol. The number of H-pyrrole nitrogens is 1. The van der Waals surface area contributed by atoms with Crippen molar-refractivity contribution in [1.82, 2.24) is 4.98 Å². The van der Waals surface area contributed by atoms with Crippen LogP contribution < -0.4 is 10.1 Å². The molecule has 0 radical (unpaired) electrons. The summed E-state index contributed by atoms with van der Waals surface area (Å²) < 4.78 is 5.14. The van der Waals surface area contributed by atoms with Gasteiger partial charge in [0.1, 0.15) is 5.75 Å². The number of halogens is 1. The van der Waals surface area contributed by atoms with Crippen molar-refractivity contribution in [2.24, 2.45) is 5.92 Å². The first-order chi connectivity index (χ1) is 12.5. The molecular formula is C21H21ClN2O2. The Bertz CT molecular complexity index is 993. The van der Waals surface area contributed by atoms with Gasteiger partial charge in [-0.15, -0.1) is 0 Å². The average Bonchev–Trinajstić information content (AvgIpc) is 2.99. The first-order valence-electron chi connectivity index (χ1n) is 8.83. The van der Waals surface area contributed by atoms with Crippen molar-refractivity contribution in [3.63, 3.8) is 0 Å². The first-order valence-corrected chi connectivity index (χ1v) is 9.21. The van der Waals surface area contributed by atoms with Crippen molar-refractivity contribution in [2.45, 2.75) is 26.2 Å². The summed E-state index contributed by atoms with van der Waals surface area (Å²) in [4.78, 5) is 16.2. The van der Waals surface area contributed by atoms with E-state index >= 15 is 0 Å². The van der Waals surface area contributed by atoms with Gasteiger partial charge in [-0.2, -0.15) is 0 Å². The molecule has 5 heteroatoms. The van der Waals surface area contributed by atoms with Crippen LogP contribution in [0.5, 0.6) is 5.75 Å². The van der Waals surface area contributed by atoms with E-state index in [1.54, 1.807) is 25.3 Å². The van der Waals surface area contributed by atoms with Gasteiger partial charge in [0.15, 0.2) is 0 Å². The maximum absolute atomic E-state index is 12.7.